The summed E-state index contributed by atoms with van der Waals surface area (Å²) in [5.41, 5.74) is 0.763. The summed E-state index contributed by atoms with van der Waals surface area (Å²) in [6.45, 7) is 1.66. The maximum absolute atomic E-state index is 12.0. The van der Waals surface area contributed by atoms with Gasteiger partial charge in [0.25, 0.3) is 11.8 Å². The molecule has 104 valence electrons. The number of carbonyl (C=O) groups excluding carboxylic acids is 3. The second-order valence-corrected chi connectivity index (χ2v) is 4.79. The largest absolute Gasteiger partial charge is 0.465 e. The summed E-state index contributed by atoms with van der Waals surface area (Å²) < 4.78 is 4.65. The highest BCUT2D eigenvalue weighted by Gasteiger charge is 2.40. The van der Waals surface area contributed by atoms with Crippen LogP contribution >= 0.6 is 23.2 Å². The molecule has 0 spiro atoms. The molecule has 0 radical (unpaired) electrons. The number of halogens is 2. The number of amides is 2. The van der Waals surface area contributed by atoms with Crippen LogP contribution in [0.5, 0.6) is 0 Å². The number of anilines is 1. The molecule has 0 unspecified atom stereocenters. The normalized spacial score (nSPS) is 15.1. The van der Waals surface area contributed by atoms with Crippen molar-refractivity contribution in [2.24, 2.45) is 0 Å². The van der Waals surface area contributed by atoms with E-state index in [1.807, 2.05) is 0 Å². The lowest BCUT2D eigenvalue weighted by molar-refractivity contribution is -0.120. The standard InChI is InChI=1S/C13H9Cl2NO4/c1-6-4-3-5-7(13(19)20-2)10(6)16-11(17)8(14)9(15)12(16)18/h3-5H,1-2H3. The van der Waals surface area contributed by atoms with E-state index in [2.05, 4.69) is 4.74 Å². The summed E-state index contributed by atoms with van der Waals surface area (Å²) in [6.07, 6.45) is 0. The third-order valence-corrected chi connectivity index (χ3v) is 3.64. The zero-order valence-electron chi connectivity index (χ0n) is 10.6. The molecule has 0 saturated carbocycles. The Morgan fingerprint density at radius 1 is 1.15 bits per heavy atom. The number of hydrogen-bond acceptors (Lipinski definition) is 4. The Bertz CT molecular complexity index is 642. The molecule has 0 bridgehead atoms. The fourth-order valence-electron chi connectivity index (χ4n) is 1.91. The molecule has 7 heteroatoms. The molecule has 0 aliphatic carbocycles. The lowest BCUT2D eigenvalue weighted by Gasteiger charge is -2.19. The zero-order chi connectivity index (χ0) is 15.0. The van der Waals surface area contributed by atoms with Crippen LogP contribution in [0.3, 0.4) is 0 Å². The van der Waals surface area contributed by atoms with Gasteiger partial charge in [-0.05, 0) is 18.6 Å². The van der Waals surface area contributed by atoms with Crippen LogP contribution in [0.4, 0.5) is 5.69 Å². The lowest BCUT2D eigenvalue weighted by Crippen LogP contribution is -2.33. The second-order valence-electron chi connectivity index (χ2n) is 4.04. The third kappa shape index (κ3) is 2.09. The Morgan fingerprint density at radius 2 is 1.70 bits per heavy atom. The second kappa shape index (κ2) is 5.26. The number of para-hydroxylation sites is 1. The van der Waals surface area contributed by atoms with Crippen LogP contribution in [0.15, 0.2) is 28.3 Å². The summed E-state index contributed by atoms with van der Waals surface area (Å²) in [5.74, 6) is -2.19. The van der Waals surface area contributed by atoms with E-state index in [9.17, 15) is 14.4 Å². The molecule has 1 aromatic rings. The molecule has 2 rings (SSSR count). The van der Waals surface area contributed by atoms with Gasteiger partial charge in [0.05, 0.1) is 18.4 Å². The molecule has 5 nitrogen and oxygen atoms in total. The first-order chi connectivity index (χ1) is 9.40. The number of methoxy groups -OCH3 is 1. The summed E-state index contributed by atoms with van der Waals surface area (Å²) in [7, 11) is 1.21. The monoisotopic (exact) mass is 313 g/mol. The van der Waals surface area contributed by atoms with E-state index >= 15 is 0 Å². The van der Waals surface area contributed by atoms with E-state index in [-0.39, 0.29) is 21.3 Å². The van der Waals surface area contributed by atoms with Crippen molar-refractivity contribution in [3.63, 3.8) is 0 Å². The SMILES string of the molecule is COC(=O)c1cccc(C)c1N1C(=O)C(Cl)=C(Cl)C1=O. The number of hydrogen-bond donors (Lipinski definition) is 0. The Hall–Kier alpha value is -1.85. The molecule has 0 N–H and O–H groups in total. The Labute approximate surface area is 124 Å². The minimum Gasteiger partial charge on any atom is -0.465 e. The van der Waals surface area contributed by atoms with Crippen LogP contribution < -0.4 is 4.90 Å². The molecular weight excluding hydrogens is 305 g/mol. The minimum absolute atomic E-state index is 0.0880. The number of ether oxygens (including phenoxy) is 1. The molecule has 2 amide bonds. The molecule has 1 aliphatic heterocycles. The van der Waals surface area contributed by atoms with Crippen molar-refractivity contribution in [2.75, 3.05) is 12.0 Å². The molecule has 0 atom stereocenters. The maximum atomic E-state index is 12.0. The van der Waals surface area contributed by atoms with Crippen molar-refractivity contribution in [2.45, 2.75) is 6.92 Å². The fraction of sp³-hybridized carbons (Fsp3) is 0.154. The number of carbonyl (C=O) groups is 3. The van der Waals surface area contributed by atoms with Crippen LogP contribution in [-0.4, -0.2) is 24.9 Å². The van der Waals surface area contributed by atoms with Gasteiger partial charge in [0.15, 0.2) is 0 Å². The average Bonchev–Trinajstić information content (AvgIpc) is 2.62. The first-order valence-electron chi connectivity index (χ1n) is 5.52. The highest BCUT2D eigenvalue weighted by atomic mass is 35.5. The van der Waals surface area contributed by atoms with Gasteiger partial charge in [-0.3, -0.25) is 9.59 Å². The van der Waals surface area contributed by atoms with E-state index in [0.29, 0.717) is 5.56 Å². The predicted octanol–water partition coefficient (Wildman–Crippen LogP) is 2.34. The van der Waals surface area contributed by atoms with Crippen molar-refractivity contribution in [3.05, 3.63) is 39.4 Å². The van der Waals surface area contributed by atoms with Crippen LogP contribution in [-0.2, 0) is 14.3 Å². The van der Waals surface area contributed by atoms with Crippen molar-refractivity contribution < 1.29 is 19.1 Å². The molecule has 20 heavy (non-hydrogen) atoms. The summed E-state index contributed by atoms with van der Waals surface area (Å²) >= 11 is 11.4. The van der Waals surface area contributed by atoms with Gasteiger partial charge >= 0.3 is 5.97 Å². The summed E-state index contributed by atoms with van der Waals surface area (Å²) in [6, 6.07) is 4.73. The number of rotatable bonds is 2. The third-order valence-electron chi connectivity index (χ3n) is 2.84. The van der Waals surface area contributed by atoms with E-state index in [1.54, 1.807) is 19.1 Å². The van der Waals surface area contributed by atoms with E-state index < -0.39 is 17.8 Å². The van der Waals surface area contributed by atoms with E-state index in [4.69, 9.17) is 23.2 Å². The maximum Gasteiger partial charge on any atom is 0.340 e. The van der Waals surface area contributed by atoms with Crippen molar-refractivity contribution in [1.82, 2.24) is 0 Å². The minimum atomic E-state index is -0.763. The van der Waals surface area contributed by atoms with Crippen molar-refractivity contribution in [1.29, 1.82) is 0 Å². The molecule has 1 aromatic carbocycles. The van der Waals surface area contributed by atoms with Gasteiger partial charge in [0.2, 0.25) is 0 Å². The number of imide groups is 1. The number of aryl methyl sites for hydroxylation is 1. The van der Waals surface area contributed by atoms with Crippen LogP contribution in [0.1, 0.15) is 15.9 Å². The summed E-state index contributed by atoms with van der Waals surface area (Å²) in [4.78, 5) is 36.6. The van der Waals surface area contributed by atoms with Gasteiger partial charge in [-0.15, -0.1) is 0 Å². The molecule has 0 saturated heterocycles. The molecule has 0 fully saturated rings. The van der Waals surface area contributed by atoms with Gasteiger partial charge in [0, 0.05) is 0 Å². The van der Waals surface area contributed by atoms with Crippen LogP contribution in [0.25, 0.3) is 0 Å². The van der Waals surface area contributed by atoms with Gasteiger partial charge in [0.1, 0.15) is 10.1 Å². The highest BCUT2D eigenvalue weighted by molar-refractivity contribution is 6.62. The number of esters is 1. The van der Waals surface area contributed by atoms with Gasteiger partial charge in [-0.25, -0.2) is 9.69 Å². The first kappa shape index (κ1) is 14.6. The average molecular weight is 314 g/mol. The van der Waals surface area contributed by atoms with Crippen LogP contribution in [0, 0.1) is 6.92 Å². The first-order valence-corrected chi connectivity index (χ1v) is 6.27. The molecule has 0 aromatic heterocycles. The van der Waals surface area contributed by atoms with E-state index in [0.717, 1.165) is 4.90 Å². The van der Waals surface area contributed by atoms with E-state index in [1.165, 1.54) is 13.2 Å². The van der Waals surface area contributed by atoms with Crippen molar-refractivity contribution >= 4 is 46.7 Å². The molecule has 1 heterocycles. The Balaban J connectivity index is 2.63. The highest BCUT2D eigenvalue weighted by Crippen LogP contribution is 2.35. The van der Waals surface area contributed by atoms with Gasteiger partial charge in [-0.2, -0.15) is 0 Å². The summed E-state index contributed by atoms with van der Waals surface area (Å²) in [5, 5.41) is -0.730. The quantitative estimate of drug-likeness (QED) is 0.621. The predicted molar refractivity (Wildman–Crippen MR) is 73.7 cm³/mol. The zero-order valence-corrected chi connectivity index (χ0v) is 12.1. The van der Waals surface area contributed by atoms with Gasteiger partial charge in [-0.1, -0.05) is 35.3 Å². The number of nitrogens with zero attached hydrogens (tertiary/aromatic N) is 1. The lowest BCUT2D eigenvalue weighted by atomic mass is 10.1. The smallest absolute Gasteiger partial charge is 0.340 e. The number of benzene rings is 1. The fourth-order valence-corrected chi connectivity index (χ4v) is 2.24. The molecular formula is C13H9Cl2NO4. The van der Waals surface area contributed by atoms with Crippen LogP contribution in [0.2, 0.25) is 0 Å². The topological polar surface area (TPSA) is 63.7 Å². The molecule has 1 aliphatic rings. The van der Waals surface area contributed by atoms with Crippen molar-refractivity contribution in [3.8, 4) is 0 Å². The Kier molecular flexibility index (Phi) is 3.83. The Morgan fingerprint density at radius 3 is 2.20 bits per heavy atom. The van der Waals surface area contributed by atoms with Gasteiger partial charge < -0.3 is 4.74 Å².